The fraction of sp³-hybridized carbons (Fsp3) is 0.667. The highest BCUT2D eigenvalue weighted by Crippen LogP contribution is 2.20. The Morgan fingerprint density at radius 2 is 1.89 bits per heavy atom. The minimum absolute atomic E-state index is 0. The van der Waals surface area contributed by atoms with Gasteiger partial charge in [0.15, 0.2) is 5.96 Å². The summed E-state index contributed by atoms with van der Waals surface area (Å²) in [7, 11) is 1.85. The van der Waals surface area contributed by atoms with E-state index in [-0.39, 0.29) is 29.8 Å². The molecule has 0 spiro atoms. The lowest BCUT2D eigenvalue weighted by atomic mass is 9.97. The molecule has 1 aromatic rings. The second-order valence-electron chi connectivity index (χ2n) is 7.95. The third-order valence-electron chi connectivity index (χ3n) is 5.81. The van der Waals surface area contributed by atoms with E-state index >= 15 is 0 Å². The van der Waals surface area contributed by atoms with E-state index in [1.807, 2.05) is 19.2 Å². The van der Waals surface area contributed by atoms with Gasteiger partial charge < -0.3 is 20.0 Å². The number of piperazine rings is 1. The molecule has 0 saturated carbocycles. The smallest absolute Gasteiger partial charge is 0.193 e. The molecule has 5 nitrogen and oxygen atoms in total. The Morgan fingerprint density at radius 3 is 2.54 bits per heavy atom. The molecule has 0 aromatic heterocycles. The zero-order chi connectivity index (χ0) is 19.2. The number of rotatable bonds is 4. The molecular weight excluding hydrogens is 468 g/mol. The number of aliphatic imine (C=N–C) groups is 1. The Bertz CT molecular complexity index is 631. The molecule has 3 rings (SSSR count). The standard InChI is InChI=1S/C21H34FN5.HI/c1-17(2)27-10-6-7-18(16-27)15-24-21(23-3)26-13-11-25(12-14-26)20-9-5-4-8-19(20)22;/h4-5,8-9,17-18H,6-7,10-16H2,1-3H3,(H,23,24);1H. The van der Waals surface area contributed by atoms with Crippen LogP contribution >= 0.6 is 24.0 Å². The van der Waals surface area contributed by atoms with E-state index in [1.54, 1.807) is 6.07 Å². The molecule has 2 fully saturated rings. The van der Waals surface area contributed by atoms with Gasteiger partial charge in [-0.2, -0.15) is 0 Å². The van der Waals surface area contributed by atoms with Crippen LogP contribution in [0.3, 0.4) is 0 Å². The molecule has 0 aliphatic carbocycles. The normalized spacial score (nSPS) is 21.6. The molecule has 1 atom stereocenters. The summed E-state index contributed by atoms with van der Waals surface area (Å²) < 4.78 is 14.0. The molecule has 2 aliphatic heterocycles. The van der Waals surface area contributed by atoms with Gasteiger partial charge in [-0.25, -0.2) is 4.39 Å². The molecule has 28 heavy (non-hydrogen) atoms. The molecular formula is C21H35FIN5. The van der Waals surface area contributed by atoms with Crippen LogP contribution in [0.2, 0.25) is 0 Å². The van der Waals surface area contributed by atoms with Gasteiger partial charge in [-0.1, -0.05) is 12.1 Å². The number of para-hydroxylation sites is 1. The molecule has 7 heteroatoms. The Balaban J connectivity index is 0.00000280. The number of nitrogens with zero attached hydrogens (tertiary/aromatic N) is 4. The average Bonchev–Trinajstić information content (AvgIpc) is 2.69. The zero-order valence-corrected chi connectivity index (χ0v) is 19.7. The second-order valence-corrected chi connectivity index (χ2v) is 7.95. The molecule has 0 bridgehead atoms. The maximum atomic E-state index is 14.0. The monoisotopic (exact) mass is 503 g/mol. The van der Waals surface area contributed by atoms with Crippen LogP contribution in [-0.2, 0) is 0 Å². The van der Waals surface area contributed by atoms with Gasteiger partial charge in [0, 0.05) is 52.4 Å². The van der Waals surface area contributed by atoms with Gasteiger partial charge in [0.1, 0.15) is 5.82 Å². The van der Waals surface area contributed by atoms with Crippen molar-refractivity contribution in [3.8, 4) is 0 Å². The number of benzene rings is 1. The summed E-state index contributed by atoms with van der Waals surface area (Å²) in [5.74, 6) is 1.52. The Morgan fingerprint density at radius 1 is 1.18 bits per heavy atom. The fourth-order valence-corrected chi connectivity index (χ4v) is 4.17. The van der Waals surface area contributed by atoms with Crippen molar-refractivity contribution in [2.45, 2.75) is 32.7 Å². The average molecular weight is 503 g/mol. The molecule has 0 amide bonds. The van der Waals surface area contributed by atoms with Crippen molar-refractivity contribution in [3.05, 3.63) is 30.1 Å². The highest BCUT2D eigenvalue weighted by atomic mass is 127. The first kappa shape index (κ1) is 23.2. The van der Waals surface area contributed by atoms with Gasteiger partial charge in [-0.3, -0.25) is 4.99 Å². The van der Waals surface area contributed by atoms with E-state index in [0.717, 1.165) is 38.7 Å². The largest absolute Gasteiger partial charge is 0.366 e. The number of anilines is 1. The van der Waals surface area contributed by atoms with Gasteiger partial charge in [0.25, 0.3) is 0 Å². The molecule has 0 radical (unpaired) electrons. The van der Waals surface area contributed by atoms with E-state index in [1.165, 1.54) is 32.0 Å². The van der Waals surface area contributed by atoms with Crippen LogP contribution < -0.4 is 10.2 Å². The van der Waals surface area contributed by atoms with E-state index in [2.05, 4.69) is 38.9 Å². The highest BCUT2D eigenvalue weighted by Gasteiger charge is 2.24. The first-order chi connectivity index (χ1) is 13.1. The van der Waals surface area contributed by atoms with Crippen molar-refractivity contribution in [3.63, 3.8) is 0 Å². The number of nitrogens with one attached hydrogen (secondary N) is 1. The first-order valence-corrected chi connectivity index (χ1v) is 10.3. The molecule has 2 aliphatic rings. The van der Waals surface area contributed by atoms with Gasteiger partial charge in [-0.05, 0) is 51.3 Å². The van der Waals surface area contributed by atoms with Crippen LogP contribution in [0.1, 0.15) is 26.7 Å². The minimum Gasteiger partial charge on any atom is -0.366 e. The zero-order valence-electron chi connectivity index (χ0n) is 17.4. The van der Waals surface area contributed by atoms with Crippen molar-refractivity contribution >= 4 is 35.6 Å². The van der Waals surface area contributed by atoms with Crippen LogP contribution in [0.25, 0.3) is 0 Å². The summed E-state index contributed by atoms with van der Waals surface area (Å²) in [5, 5.41) is 3.59. The SMILES string of the molecule is CN=C(NCC1CCCN(C(C)C)C1)N1CCN(c2ccccc2F)CC1.I. The molecule has 1 unspecified atom stereocenters. The minimum atomic E-state index is -0.138. The molecule has 1 aromatic carbocycles. The lowest BCUT2D eigenvalue weighted by molar-refractivity contribution is 0.140. The molecule has 1 N–H and O–H groups in total. The number of hydrogen-bond acceptors (Lipinski definition) is 3. The maximum absolute atomic E-state index is 14.0. The number of likely N-dealkylation sites (tertiary alicyclic amines) is 1. The lowest BCUT2D eigenvalue weighted by Crippen LogP contribution is -2.54. The van der Waals surface area contributed by atoms with Crippen molar-refractivity contribution in [2.75, 3.05) is 57.8 Å². The van der Waals surface area contributed by atoms with Crippen molar-refractivity contribution in [1.82, 2.24) is 15.1 Å². The molecule has 2 saturated heterocycles. The van der Waals surface area contributed by atoms with Crippen molar-refractivity contribution in [2.24, 2.45) is 10.9 Å². The fourth-order valence-electron chi connectivity index (χ4n) is 4.17. The summed E-state index contributed by atoms with van der Waals surface area (Å²) in [5.41, 5.74) is 0.705. The van der Waals surface area contributed by atoms with E-state index in [9.17, 15) is 4.39 Å². The summed E-state index contributed by atoms with van der Waals surface area (Å²) in [6.45, 7) is 11.3. The Labute approximate surface area is 186 Å². The van der Waals surface area contributed by atoms with Crippen LogP contribution in [0.5, 0.6) is 0 Å². The lowest BCUT2D eigenvalue weighted by Gasteiger charge is -2.39. The summed E-state index contributed by atoms with van der Waals surface area (Å²) >= 11 is 0. The van der Waals surface area contributed by atoms with E-state index in [0.29, 0.717) is 17.6 Å². The molecule has 2 heterocycles. The summed E-state index contributed by atoms with van der Waals surface area (Å²) in [4.78, 5) is 11.5. The van der Waals surface area contributed by atoms with Gasteiger partial charge in [-0.15, -0.1) is 24.0 Å². The van der Waals surface area contributed by atoms with Crippen LogP contribution in [0.4, 0.5) is 10.1 Å². The van der Waals surface area contributed by atoms with Crippen molar-refractivity contribution < 1.29 is 4.39 Å². The van der Waals surface area contributed by atoms with Gasteiger partial charge in [0.2, 0.25) is 0 Å². The number of piperidine rings is 1. The summed E-state index contributed by atoms with van der Waals surface area (Å²) in [6.07, 6.45) is 2.57. The summed E-state index contributed by atoms with van der Waals surface area (Å²) in [6, 6.07) is 7.66. The van der Waals surface area contributed by atoms with Crippen LogP contribution in [-0.4, -0.2) is 74.7 Å². The van der Waals surface area contributed by atoms with E-state index < -0.39 is 0 Å². The van der Waals surface area contributed by atoms with E-state index in [4.69, 9.17) is 0 Å². The molecule has 158 valence electrons. The maximum Gasteiger partial charge on any atom is 0.193 e. The first-order valence-electron chi connectivity index (χ1n) is 10.3. The number of halogens is 2. The number of hydrogen-bond donors (Lipinski definition) is 1. The second kappa shape index (κ2) is 11.2. The van der Waals surface area contributed by atoms with Crippen LogP contribution in [0, 0.1) is 11.7 Å². The van der Waals surface area contributed by atoms with Crippen LogP contribution in [0.15, 0.2) is 29.3 Å². The predicted molar refractivity (Wildman–Crippen MR) is 126 cm³/mol. The third kappa shape index (κ3) is 5.95. The topological polar surface area (TPSA) is 34.1 Å². The van der Waals surface area contributed by atoms with Gasteiger partial charge in [0.05, 0.1) is 5.69 Å². The Kier molecular flexibility index (Phi) is 9.27. The Hall–Kier alpha value is -1.09. The predicted octanol–water partition coefficient (Wildman–Crippen LogP) is 3.26. The quantitative estimate of drug-likeness (QED) is 0.389. The van der Waals surface area contributed by atoms with Gasteiger partial charge >= 0.3 is 0 Å². The van der Waals surface area contributed by atoms with Crippen molar-refractivity contribution in [1.29, 1.82) is 0 Å². The highest BCUT2D eigenvalue weighted by molar-refractivity contribution is 14.0. The number of guanidine groups is 1. The third-order valence-corrected chi connectivity index (χ3v) is 5.81.